The summed E-state index contributed by atoms with van der Waals surface area (Å²) in [4.78, 5) is 0.272. The van der Waals surface area contributed by atoms with Crippen LogP contribution in [0.5, 0.6) is 5.75 Å². The molecule has 0 amide bonds. The summed E-state index contributed by atoms with van der Waals surface area (Å²) in [6, 6.07) is 6.68. The summed E-state index contributed by atoms with van der Waals surface area (Å²) in [5.41, 5.74) is 0. The molecule has 5 heteroatoms. The molecule has 0 radical (unpaired) electrons. The Balaban J connectivity index is 3.04. The van der Waals surface area contributed by atoms with Crippen molar-refractivity contribution < 1.29 is 13.2 Å². The van der Waals surface area contributed by atoms with Gasteiger partial charge in [0.2, 0.25) is 0 Å². The van der Waals surface area contributed by atoms with Gasteiger partial charge in [0.1, 0.15) is 10.6 Å². The van der Waals surface area contributed by atoms with Crippen molar-refractivity contribution in [2.75, 3.05) is 18.2 Å². The summed E-state index contributed by atoms with van der Waals surface area (Å²) in [6.45, 7) is 0. The molecule has 0 fully saturated rings. The van der Waals surface area contributed by atoms with Gasteiger partial charge in [0.25, 0.3) is 0 Å². The van der Waals surface area contributed by atoms with Crippen LogP contribution >= 0.6 is 15.9 Å². The first-order valence-electron chi connectivity index (χ1n) is 4.53. The summed E-state index contributed by atoms with van der Waals surface area (Å²) in [5.74, 6) is 0.547. The van der Waals surface area contributed by atoms with Crippen LogP contribution in [0.4, 0.5) is 0 Å². The SMILES string of the molecule is COc1ccccc1S(=O)(=O)CCCBr. The van der Waals surface area contributed by atoms with Gasteiger partial charge in [0.05, 0.1) is 12.9 Å². The van der Waals surface area contributed by atoms with E-state index in [2.05, 4.69) is 15.9 Å². The number of sulfone groups is 1. The maximum absolute atomic E-state index is 11.9. The number of rotatable bonds is 5. The van der Waals surface area contributed by atoms with E-state index >= 15 is 0 Å². The molecular formula is C10H13BrO3S. The van der Waals surface area contributed by atoms with E-state index in [0.717, 1.165) is 0 Å². The van der Waals surface area contributed by atoms with Gasteiger partial charge in [0, 0.05) is 5.33 Å². The number of benzene rings is 1. The molecule has 0 saturated carbocycles. The number of methoxy groups -OCH3 is 1. The average molecular weight is 293 g/mol. The highest BCUT2D eigenvalue weighted by Gasteiger charge is 2.17. The van der Waals surface area contributed by atoms with E-state index in [0.29, 0.717) is 17.5 Å². The minimum Gasteiger partial charge on any atom is -0.495 e. The predicted molar refractivity (Wildman–Crippen MR) is 63.5 cm³/mol. The monoisotopic (exact) mass is 292 g/mol. The summed E-state index contributed by atoms with van der Waals surface area (Å²) in [5, 5.41) is 0.682. The fourth-order valence-electron chi connectivity index (χ4n) is 1.23. The molecule has 15 heavy (non-hydrogen) atoms. The van der Waals surface area contributed by atoms with Crippen LogP contribution in [-0.4, -0.2) is 26.6 Å². The zero-order valence-electron chi connectivity index (χ0n) is 8.44. The maximum Gasteiger partial charge on any atom is 0.182 e. The van der Waals surface area contributed by atoms with Crippen LogP contribution in [0.15, 0.2) is 29.2 Å². The molecule has 0 saturated heterocycles. The third-order valence-corrected chi connectivity index (χ3v) is 4.35. The lowest BCUT2D eigenvalue weighted by Gasteiger charge is -2.08. The molecule has 0 aliphatic heterocycles. The Morgan fingerprint density at radius 3 is 2.60 bits per heavy atom. The van der Waals surface area contributed by atoms with Crippen LogP contribution in [0.2, 0.25) is 0 Å². The first-order chi connectivity index (χ1) is 7.11. The summed E-state index contributed by atoms with van der Waals surface area (Å²) < 4.78 is 28.8. The lowest BCUT2D eigenvalue weighted by Crippen LogP contribution is -2.08. The largest absolute Gasteiger partial charge is 0.495 e. The Labute approximate surface area is 98.5 Å². The fraction of sp³-hybridized carbons (Fsp3) is 0.400. The van der Waals surface area contributed by atoms with Crippen molar-refractivity contribution in [1.29, 1.82) is 0 Å². The van der Waals surface area contributed by atoms with Crippen molar-refractivity contribution in [3.63, 3.8) is 0 Å². The molecule has 0 bridgehead atoms. The number of alkyl halides is 1. The van der Waals surface area contributed by atoms with Crippen molar-refractivity contribution in [2.45, 2.75) is 11.3 Å². The summed E-state index contributed by atoms with van der Waals surface area (Å²) in [7, 11) is -1.75. The van der Waals surface area contributed by atoms with Crippen LogP contribution < -0.4 is 4.74 Å². The van der Waals surface area contributed by atoms with Crippen molar-refractivity contribution in [2.24, 2.45) is 0 Å². The van der Waals surface area contributed by atoms with Gasteiger partial charge in [-0.1, -0.05) is 28.1 Å². The standard InChI is InChI=1S/C10H13BrO3S/c1-14-9-5-2-3-6-10(9)15(12,13)8-4-7-11/h2-3,5-6H,4,7-8H2,1H3. The average Bonchev–Trinajstić information content (AvgIpc) is 2.26. The lowest BCUT2D eigenvalue weighted by atomic mass is 10.3. The van der Waals surface area contributed by atoms with E-state index < -0.39 is 9.84 Å². The van der Waals surface area contributed by atoms with Crippen molar-refractivity contribution in [3.8, 4) is 5.75 Å². The van der Waals surface area contributed by atoms with Gasteiger partial charge in [-0.25, -0.2) is 8.42 Å². The second-order valence-corrected chi connectivity index (χ2v) is 5.88. The first-order valence-corrected chi connectivity index (χ1v) is 7.31. The van der Waals surface area contributed by atoms with Gasteiger partial charge in [-0.3, -0.25) is 0 Å². The van der Waals surface area contributed by atoms with Crippen LogP contribution in [0, 0.1) is 0 Å². The number of ether oxygens (including phenoxy) is 1. The molecule has 3 nitrogen and oxygen atoms in total. The molecule has 0 aliphatic carbocycles. The van der Waals surface area contributed by atoms with Gasteiger partial charge in [-0.05, 0) is 18.6 Å². The number of hydrogen-bond donors (Lipinski definition) is 0. The van der Waals surface area contributed by atoms with Gasteiger partial charge < -0.3 is 4.74 Å². The van der Waals surface area contributed by atoms with Gasteiger partial charge in [-0.15, -0.1) is 0 Å². The second kappa shape index (κ2) is 5.51. The smallest absolute Gasteiger partial charge is 0.182 e. The number of hydrogen-bond acceptors (Lipinski definition) is 3. The Morgan fingerprint density at radius 1 is 1.33 bits per heavy atom. The van der Waals surface area contributed by atoms with E-state index in [9.17, 15) is 8.42 Å². The fourth-order valence-corrected chi connectivity index (χ4v) is 3.37. The summed E-state index contributed by atoms with van der Waals surface area (Å²) in [6.07, 6.45) is 0.598. The highest BCUT2D eigenvalue weighted by Crippen LogP contribution is 2.24. The predicted octanol–water partition coefficient (Wildman–Crippen LogP) is 2.25. The molecule has 0 heterocycles. The molecule has 1 aromatic carbocycles. The van der Waals surface area contributed by atoms with Crippen LogP contribution in [0.25, 0.3) is 0 Å². The summed E-state index contributed by atoms with van der Waals surface area (Å²) >= 11 is 3.21. The van der Waals surface area contributed by atoms with E-state index in [1.54, 1.807) is 24.3 Å². The zero-order valence-corrected chi connectivity index (χ0v) is 10.8. The third kappa shape index (κ3) is 3.21. The molecule has 1 rings (SSSR count). The van der Waals surface area contributed by atoms with Crippen molar-refractivity contribution >= 4 is 25.8 Å². The molecule has 84 valence electrons. The molecular weight excluding hydrogens is 280 g/mol. The Kier molecular flexibility index (Phi) is 4.60. The second-order valence-electron chi connectivity index (χ2n) is 3.01. The lowest BCUT2D eigenvalue weighted by molar-refractivity contribution is 0.402. The molecule has 0 aromatic heterocycles. The van der Waals surface area contributed by atoms with Crippen molar-refractivity contribution in [3.05, 3.63) is 24.3 Å². The van der Waals surface area contributed by atoms with Crippen molar-refractivity contribution in [1.82, 2.24) is 0 Å². The molecule has 0 N–H and O–H groups in total. The Hall–Kier alpha value is -0.550. The van der Waals surface area contributed by atoms with Crippen LogP contribution in [0.3, 0.4) is 0 Å². The Bertz CT molecular complexity index is 414. The molecule has 0 spiro atoms. The van der Waals surface area contributed by atoms with Gasteiger partial charge >= 0.3 is 0 Å². The third-order valence-electron chi connectivity index (χ3n) is 1.95. The number of para-hydroxylation sites is 1. The zero-order chi connectivity index (χ0) is 11.3. The molecule has 0 unspecified atom stereocenters. The van der Waals surface area contributed by atoms with E-state index in [4.69, 9.17) is 4.74 Å². The Morgan fingerprint density at radius 2 is 2.00 bits per heavy atom. The normalized spacial score (nSPS) is 11.3. The van der Waals surface area contributed by atoms with Gasteiger partial charge in [-0.2, -0.15) is 0 Å². The highest BCUT2D eigenvalue weighted by atomic mass is 79.9. The minimum atomic E-state index is -3.22. The quantitative estimate of drug-likeness (QED) is 0.782. The molecule has 0 atom stereocenters. The number of halogens is 1. The van der Waals surface area contributed by atoms with Gasteiger partial charge in [0.15, 0.2) is 9.84 Å². The van der Waals surface area contributed by atoms with E-state index in [1.165, 1.54) is 7.11 Å². The van der Waals surface area contributed by atoms with Crippen LogP contribution in [-0.2, 0) is 9.84 Å². The van der Waals surface area contributed by atoms with E-state index in [-0.39, 0.29) is 10.6 Å². The highest BCUT2D eigenvalue weighted by molar-refractivity contribution is 9.09. The molecule has 1 aromatic rings. The van der Waals surface area contributed by atoms with E-state index in [1.807, 2.05) is 0 Å². The minimum absolute atomic E-state index is 0.138. The van der Waals surface area contributed by atoms with Crippen LogP contribution in [0.1, 0.15) is 6.42 Å². The first kappa shape index (κ1) is 12.5. The topological polar surface area (TPSA) is 43.4 Å². The maximum atomic E-state index is 11.9. The molecule has 0 aliphatic rings.